The highest BCUT2D eigenvalue weighted by Gasteiger charge is 2.30. The van der Waals surface area contributed by atoms with E-state index in [2.05, 4.69) is 10.3 Å². The van der Waals surface area contributed by atoms with Crippen LogP contribution in [0.1, 0.15) is 10.4 Å². The molecule has 3 aromatic rings. The van der Waals surface area contributed by atoms with Gasteiger partial charge in [0.2, 0.25) is 0 Å². The number of esters is 1. The number of ether oxygens (including phenoxy) is 1. The van der Waals surface area contributed by atoms with E-state index in [-0.39, 0.29) is 18.8 Å². The first kappa shape index (κ1) is 20.2. The predicted molar refractivity (Wildman–Crippen MR) is 114 cm³/mol. The summed E-state index contributed by atoms with van der Waals surface area (Å²) in [6.45, 7) is -0.339. The lowest BCUT2D eigenvalue weighted by atomic mass is 10.0. The molecule has 0 saturated carbocycles. The number of nitrogens with zero attached hydrogens (tertiary/aromatic N) is 2. The van der Waals surface area contributed by atoms with Crippen LogP contribution in [0.15, 0.2) is 66.4 Å². The summed E-state index contributed by atoms with van der Waals surface area (Å²) in [6, 6.07) is 16.1. The van der Waals surface area contributed by atoms with E-state index in [1.807, 2.05) is 24.3 Å². The fourth-order valence-electron chi connectivity index (χ4n) is 3.39. The third kappa shape index (κ3) is 3.88. The molecular weight excluding hydrogens is 398 g/mol. The van der Waals surface area contributed by atoms with Gasteiger partial charge in [-0.1, -0.05) is 30.3 Å². The Morgan fingerprint density at radius 3 is 2.58 bits per heavy atom. The highest BCUT2D eigenvalue weighted by atomic mass is 16.5. The van der Waals surface area contributed by atoms with E-state index in [1.165, 1.54) is 13.2 Å². The minimum absolute atomic E-state index is 0.0472. The summed E-state index contributed by atoms with van der Waals surface area (Å²) >= 11 is 0. The zero-order valence-corrected chi connectivity index (χ0v) is 16.7. The molecule has 1 aliphatic heterocycles. The smallest absolute Gasteiger partial charge is 0.338 e. The van der Waals surface area contributed by atoms with Crippen LogP contribution in [0.5, 0.6) is 0 Å². The second-order valence-corrected chi connectivity index (χ2v) is 6.84. The van der Waals surface area contributed by atoms with Crippen LogP contribution in [0.3, 0.4) is 0 Å². The minimum atomic E-state index is -0.484. The van der Waals surface area contributed by atoms with E-state index in [4.69, 9.17) is 9.84 Å². The van der Waals surface area contributed by atoms with Crippen molar-refractivity contribution in [2.24, 2.45) is 0 Å². The number of para-hydroxylation sites is 1. The number of imide groups is 1. The van der Waals surface area contributed by atoms with Gasteiger partial charge in [0.15, 0.2) is 0 Å². The lowest BCUT2D eigenvalue weighted by Gasteiger charge is -2.13. The lowest BCUT2D eigenvalue weighted by molar-refractivity contribution is -0.137. The van der Waals surface area contributed by atoms with E-state index in [1.54, 1.807) is 30.3 Å². The molecular formula is C23H19N3O5. The van der Waals surface area contributed by atoms with Gasteiger partial charge in [0, 0.05) is 22.7 Å². The quantitative estimate of drug-likeness (QED) is 0.468. The number of methoxy groups -OCH3 is 1. The van der Waals surface area contributed by atoms with Crippen molar-refractivity contribution in [3.8, 4) is 11.3 Å². The summed E-state index contributed by atoms with van der Waals surface area (Å²) in [5.41, 5.74) is 3.22. The maximum Gasteiger partial charge on any atom is 0.338 e. The van der Waals surface area contributed by atoms with E-state index in [0.29, 0.717) is 27.8 Å². The van der Waals surface area contributed by atoms with Gasteiger partial charge >= 0.3 is 5.97 Å². The molecule has 0 atom stereocenters. The number of β-amino-alcohol motifs (C(OH)–C–C–N with tert-alkyl or cyclic N) is 1. The number of hydrogen-bond donors (Lipinski definition) is 2. The monoisotopic (exact) mass is 417 g/mol. The Balaban J connectivity index is 1.61. The number of aliphatic hydroxyl groups is 1. The number of carbonyl (C=O) groups is 3. The van der Waals surface area contributed by atoms with Crippen molar-refractivity contribution >= 4 is 34.4 Å². The number of amides is 2. The molecule has 0 bridgehead atoms. The van der Waals surface area contributed by atoms with Crippen LogP contribution in [0, 0.1) is 0 Å². The number of hydrogen-bond acceptors (Lipinski definition) is 7. The number of rotatable bonds is 6. The Morgan fingerprint density at radius 1 is 1.13 bits per heavy atom. The number of fused-ring (bicyclic) bond motifs is 1. The Morgan fingerprint density at radius 2 is 1.87 bits per heavy atom. The SMILES string of the molecule is COC(=O)c1cc(-c2ccc(NC3=CC(=O)N(CCO)C3=O)cc2)nc2ccccc12. The van der Waals surface area contributed by atoms with Crippen molar-refractivity contribution in [2.45, 2.75) is 0 Å². The second-order valence-electron chi connectivity index (χ2n) is 6.84. The van der Waals surface area contributed by atoms with Crippen molar-refractivity contribution in [1.29, 1.82) is 0 Å². The fourth-order valence-corrected chi connectivity index (χ4v) is 3.39. The Labute approximate surface area is 177 Å². The number of carbonyl (C=O) groups excluding carboxylic acids is 3. The van der Waals surface area contributed by atoms with Gasteiger partial charge in [0.1, 0.15) is 5.70 Å². The highest BCUT2D eigenvalue weighted by molar-refractivity contribution is 6.17. The Hall–Kier alpha value is -4.04. The number of pyridine rings is 1. The van der Waals surface area contributed by atoms with Crippen LogP contribution in [0.2, 0.25) is 0 Å². The van der Waals surface area contributed by atoms with Crippen LogP contribution in [-0.2, 0) is 14.3 Å². The molecule has 0 fully saturated rings. The summed E-state index contributed by atoms with van der Waals surface area (Å²) in [5.74, 6) is -1.39. The number of benzene rings is 2. The molecule has 2 heterocycles. The van der Waals surface area contributed by atoms with Crippen LogP contribution < -0.4 is 5.32 Å². The zero-order valence-electron chi connectivity index (χ0n) is 16.7. The first-order valence-electron chi connectivity index (χ1n) is 9.56. The third-order valence-corrected chi connectivity index (χ3v) is 4.91. The summed E-state index contributed by atoms with van der Waals surface area (Å²) < 4.78 is 4.91. The summed E-state index contributed by atoms with van der Waals surface area (Å²) in [6.07, 6.45) is 1.21. The number of aromatic nitrogens is 1. The predicted octanol–water partition coefficient (Wildman–Crippen LogP) is 2.35. The van der Waals surface area contributed by atoms with E-state index in [0.717, 1.165) is 10.5 Å². The van der Waals surface area contributed by atoms with Crippen LogP contribution in [-0.4, -0.2) is 53.0 Å². The molecule has 0 unspecified atom stereocenters. The largest absolute Gasteiger partial charge is 0.465 e. The molecule has 0 aliphatic carbocycles. The van der Waals surface area contributed by atoms with E-state index in [9.17, 15) is 14.4 Å². The molecule has 31 heavy (non-hydrogen) atoms. The van der Waals surface area contributed by atoms with Gasteiger partial charge in [-0.2, -0.15) is 0 Å². The lowest BCUT2D eigenvalue weighted by Crippen LogP contribution is -2.34. The Kier molecular flexibility index (Phi) is 5.46. The maximum atomic E-state index is 12.3. The van der Waals surface area contributed by atoms with Crippen molar-refractivity contribution in [3.63, 3.8) is 0 Å². The van der Waals surface area contributed by atoms with Gasteiger partial charge in [-0.15, -0.1) is 0 Å². The number of nitrogens with one attached hydrogen (secondary N) is 1. The molecule has 1 aliphatic rings. The van der Waals surface area contributed by atoms with Gasteiger partial charge in [-0.05, 0) is 24.3 Å². The molecule has 0 spiro atoms. The molecule has 2 N–H and O–H groups in total. The van der Waals surface area contributed by atoms with Gasteiger partial charge in [-0.25, -0.2) is 9.78 Å². The standard InChI is InChI=1S/C23H19N3O5/c1-31-23(30)17-12-19(25-18-5-3-2-4-16(17)18)14-6-8-15(9-7-14)24-20-13-21(28)26(10-11-27)22(20)29/h2-9,12-13,24,27H,10-11H2,1H3. The van der Waals surface area contributed by atoms with Gasteiger partial charge in [-0.3, -0.25) is 14.5 Å². The van der Waals surface area contributed by atoms with E-state index >= 15 is 0 Å². The van der Waals surface area contributed by atoms with E-state index < -0.39 is 17.8 Å². The molecule has 2 aromatic carbocycles. The molecule has 8 nitrogen and oxygen atoms in total. The molecule has 8 heteroatoms. The minimum Gasteiger partial charge on any atom is -0.465 e. The van der Waals surface area contributed by atoms with Gasteiger partial charge in [0.25, 0.3) is 11.8 Å². The first-order chi connectivity index (χ1) is 15.0. The van der Waals surface area contributed by atoms with Crippen LogP contribution in [0.25, 0.3) is 22.2 Å². The average molecular weight is 417 g/mol. The van der Waals surface area contributed by atoms with Crippen molar-refractivity contribution < 1.29 is 24.2 Å². The molecule has 0 saturated heterocycles. The topological polar surface area (TPSA) is 109 Å². The highest BCUT2D eigenvalue weighted by Crippen LogP contribution is 2.27. The fraction of sp³-hybridized carbons (Fsp3) is 0.130. The molecule has 0 radical (unpaired) electrons. The van der Waals surface area contributed by atoms with Gasteiger partial charge in [0.05, 0.1) is 37.0 Å². The maximum absolute atomic E-state index is 12.3. The Bertz CT molecular complexity index is 1220. The molecule has 2 amide bonds. The van der Waals surface area contributed by atoms with Gasteiger partial charge < -0.3 is 15.2 Å². The molecule has 1 aromatic heterocycles. The van der Waals surface area contributed by atoms with Crippen LogP contribution in [0.4, 0.5) is 5.69 Å². The molecule has 4 rings (SSSR count). The van der Waals surface area contributed by atoms with Crippen LogP contribution >= 0.6 is 0 Å². The summed E-state index contributed by atoms with van der Waals surface area (Å²) in [7, 11) is 1.34. The van der Waals surface area contributed by atoms with Crippen molar-refractivity contribution in [3.05, 3.63) is 71.9 Å². The second kappa shape index (κ2) is 8.37. The normalized spacial score (nSPS) is 13.5. The zero-order chi connectivity index (χ0) is 22.0. The number of aliphatic hydroxyl groups excluding tert-OH is 1. The average Bonchev–Trinajstić information content (AvgIpc) is 3.06. The third-order valence-electron chi connectivity index (χ3n) is 4.91. The molecule has 156 valence electrons. The summed E-state index contributed by atoms with van der Waals surface area (Å²) in [4.78, 5) is 42.0. The number of anilines is 1. The first-order valence-corrected chi connectivity index (χ1v) is 9.56. The van der Waals surface area contributed by atoms with Crippen molar-refractivity contribution in [2.75, 3.05) is 25.6 Å². The van der Waals surface area contributed by atoms with Crippen molar-refractivity contribution in [1.82, 2.24) is 9.88 Å². The summed E-state index contributed by atoms with van der Waals surface area (Å²) in [5, 5.41) is 12.6.